The summed E-state index contributed by atoms with van der Waals surface area (Å²) in [5.74, 6) is 0. The van der Waals surface area contributed by atoms with Gasteiger partial charge in [0.25, 0.3) is 0 Å². The molecule has 4 nitrogen and oxygen atoms in total. The fraction of sp³-hybridized carbons (Fsp3) is 0.625. The topological polar surface area (TPSA) is 47.1 Å². The largest absolute Gasteiger partial charge is 0.297 e. The van der Waals surface area contributed by atoms with Gasteiger partial charge in [-0.15, -0.1) is 0 Å². The summed E-state index contributed by atoms with van der Waals surface area (Å²) in [6.45, 7) is 3.44. The molecule has 2 heterocycles. The highest BCUT2D eigenvalue weighted by molar-refractivity contribution is 7.97. The van der Waals surface area contributed by atoms with Gasteiger partial charge >= 0.3 is 0 Å². The Bertz CT molecular complexity index is 292. The molecular formula is C8H14N4S. The van der Waals surface area contributed by atoms with Crippen LogP contribution in [-0.4, -0.2) is 27.8 Å². The summed E-state index contributed by atoms with van der Waals surface area (Å²) in [7, 11) is 1.97. The van der Waals surface area contributed by atoms with E-state index in [1.807, 2.05) is 11.7 Å². The highest BCUT2D eigenvalue weighted by atomic mass is 32.2. The van der Waals surface area contributed by atoms with Crippen molar-refractivity contribution in [1.82, 2.24) is 14.7 Å². The van der Waals surface area contributed by atoms with Gasteiger partial charge in [-0.1, -0.05) is 0 Å². The molecule has 0 atom stereocenters. The Morgan fingerprint density at radius 3 is 2.85 bits per heavy atom. The van der Waals surface area contributed by atoms with Crippen LogP contribution in [0.25, 0.3) is 0 Å². The Balaban J connectivity index is 2.05. The van der Waals surface area contributed by atoms with Gasteiger partial charge in [0.2, 0.25) is 0 Å². The van der Waals surface area contributed by atoms with Gasteiger partial charge < -0.3 is 0 Å². The van der Waals surface area contributed by atoms with Crippen molar-refractivity contribution in [3.63, 3.8) is 0 Å². The van der Waals surface area contributed by atoms with E-state index in [-0.39, 0.29) is 0 Å². The quantitative estimate of drug-likeness (QED) is 0.722. The molecule has 0 aliphatic carbocycles. The van der Waals surface area contributed by atoms with Crippen molar-refractivity contribution >= 4 is 11.9 Å². The Morgan fingerprint density at radius 2 is 2.38 bits per heavy atom. The summed E-state index contributed by atoms with van der Waals surface area (Å²) in [6.07, 6.45) is 1.33. The van der Waals surface area contributed by atoms with E-state index in [0.717, 1.165) is 11.6 Å². The van der Waals surface area contributed by atoms with Gasteiger partial charge in [0.1, 0.15) is 5.03 Å². The number of aryl methyl sites for hydroxylation is 1. The monoisotopic (exact) mass is 198 g/mol. The van der Waals surface area contributed by atoms with E-state index in [0.29, 0.717) is 0 Å². The van der Waals surface area contributed by atoms with Gasteiger partial charge in [-0.05, 0) is 37.5 Å². The maximum absolute atomic E-state index is 5.44. The predicted octanol–water partition coefficient (Wildman–Crippen LogP) is 0.592. The lowest BCUT2D eigenvalue weighted by Crippen LogP contribution is -2.36. The minimum absolute atomic E-state index is 0.901. The van der Waals surface area contributed by atoms with E-state index < -0.39 is 0 Å². The first-order chi connectivity index (χ1) is 6.29. The zero-order valence-electron chi connectivity index (χ0n) is 7.73. The van der Waals surface area contributed by atoms with Crippen molar-refractivity contribution in [2.24, 2.45) is 12.2 Å². The summed E-state index contributed by atoms with van der Waals surface area (Å²) >= 11 is 1.21. The average Bonchev–Trinajstić information content (AvgIpc) is 2.39. The number of aromatic nitrogens is 2. The van der Waals surface area contributed by atoms with E-state index in [1.165, 1.54) is 37.2 Å². The fourth-order valence-corrected chi connectivity index (χ4v) is 1.83. The molecule has 1 saturated heterocycles. The van der Waals surface area contributed by atoms with Crippen LogP contribution in [-0.2, 0) is 13.6 Å². The normalized spacial score (nSPS) is 17.4. The summed E-state index contributed by atoms with van der Waals surface area (Å²) in [6, 6.07) is 2.06. The zero-order valence-corrected chi connectivity index (χ0v) is 8.55. The maximum Gasteiger partial charge on any atom is 0.133 e. The molecule has 2 rings (SSSR count). The van der Waals surface area contributed by atoms with Crippen molar-refractivity contribution in [3.8, 4) is 0 Å². The second kappa shape index (κ2) is 3.69. The highest BCUT2D eigenvalue weighted by Crippen LogP contribution is 2.16. The van der Waals surface area contributed by atoms with Crippen LogP contribution in [0.15, 0.2) is 11.1 Å². The van der Waals surface area contributed by atoms with Gasteiger partial charge in [0, 0.05) is 13.6 Å². The average molecular weight is 198 g/mol. The fourth-order valence-electron chi connectivity index (χ4n) is 1.45. The van der Waals surface area contributed by atoms with Crippen molar-refractivity contribution in [1.29, 1.82) is 0 Å². The van der Waals surface area contributed by atoms with Crippen LogP contribution in [0.2, 0.25) is 0 Å². The van der Waals surface area contributed by atoms with Crippen LogP contribution in [0, 0.1) is 0 Å². The van der Waals surface area contributed by atoms with E-state index >= 15 is 0 Å². The van der Waals surface area contributed by atoms with Crippen LogP contribution in [0.4, 0.5) is 0 Å². The van der Waals surface area contributed by atoms with Crippen LogP contribution in [0.5, 0.6) is 0 Å². The number of likely N-dealkylation sites (tertiary alicyclic amines) is 1. The number of hydrogen-bond acceptors (Lipinski definition) is 4. The smallest absolute Gasteiger partial charge is 0.133 e. The number of nitrogens with two attached hydrogens (primary N) is 1. The number of hydrogen-bond donors (Lipinski definition) is 1. The van der Waals surface area contributed by atoms with Gasteiger partial charge in [-0.2, -0.15) is 5.10 Å². The molecule has 1 fully saturated rings. The second-order valence-electron chi connectivity index (χ2n) is 3.35. The Hall–Kier alpha value is -0.520. The van der Waals surface area contributed by atoms with Gasteiger partial charge in [-0.3, -0.25) is 14.7 Å². The molecule has 2 N–H and O–H groups in total. The van der Waals surface area contributed by atoms with Gasteiger partial charge in [0.05, 0.1) is 5.69 Å². The lowest BCUT2D eigenvalue weighted by Gasteiger charge is -2.30. The molecule has 0 aromatic carbocycles. The third kappa shape index (κ3) is 1.87. The van der Waals surface area contributed by atoms with Crippen molar-refractivity contribution in [2.75, 3.05) is 13.1 Å². The molecule has 5 heteroatoms. The van der Waals surface area contributed by atoms with Gasteiger partial charge in [0.15, 0.2) is 0 Å². The van der Waals surface area contributed by atoms with Gasteiger partial charge in [-0.25, -0.2) is 0 Å². The third-order valence-corrected chi connectivity index (χ3v) is 2.85. The molecular weight excluding hydrogens is 184 g/mol. The molecule has 1 aromatic rings. The first-order valence-electron chi connectivity index (χ1n) is 4.41. The first kappa shape index (κ1) is 9.05. The molecule has 1 aliphatic heterocycles. The number of rotatable bonds is 3. The molecule has 0 bridgehead atoms. The molecule has 0 saturated carbocycles. The van der Waals surface area contributed by atoms with E-state index in [4.69, 9.17) is 5.14 Å². The predicted molar refractivity (Wildman–Crippen MR) is 53.1 cm³/mol. The lowest BCUT2D eigenvalue weighted by molar-refractivity contribution is 0.168. The zero-order chi connectivity index (χ0) is 9.26. The molecule has 13 heavy (non-hydrogen) atoms. The molecule has 0 radical (unpaired) electrons. The Labute approximate surface area is 82.2 Å². The minimum atomic E-state index is 0.901. The Morgan fingerprint density at radius 1 is 1.62 bits per heavy atom. The summed E-state index contributed by atoms with van der Waals surface area (Å²) in [5, 5.41) is 10.6. The van der Waals surface area contributed by atoms with E-state index in [9.17, 15) is 0 Å². The van der Waals surface area contributed by atoms with Crippen LogP contribution in [0.3, 0.4) is 0 Å². The van der Waals surface area contributed by atoms with Crippen molar-refractivity contribution in [3.05, 3.63) is 11.8 Å². The standard InChI is InChI=1S/C8H14N4S/c1-11-7(5-8(10-11)13-9)6-12-3-2-4-12/h5H,2-4,6,9H2,1H3. The lowest BCUT2D eigenvalue weighted by atomic mass is 10.2. The molecule has 0 unspecified atom stereocenters. The first-order valence-corrected chi connectivity index (χ1v) is 5.29. The van der Waals surface area contributed by atoms with E-state index in [2.05, 4.69) is 16.1 Å². The molecule has 1 aliphatic rings. The van der Waals surface area contributed by atoms with E-state index in [1.54, 1.807) is 0 Å². The highest BCUT2D eigenvalue weighted by Gasteiger charge is 2.16. The van der Waals surface area contributed by atoms with Crippen LogP contribution < -0.4 is 5.14 Å². The van der Waals surface area contributed by atoms with Crippen LogP contribution in [0.1, 0.15) is 12.1 Å². The second-order valence-corrected chi connectivity index (χ2v) is 4.00. The van der Waals surface area contributed by atoms with Crippen molar-refractivity contribution < 1.29 is 0 Å². The molecule has 0 spiro atoms. The summed E-state index contributed by atoms with van der Waals surface area (Å²) in [4.78, 5) is 2.40. The Kier molecular flexibility index (Phi) is 2.57. The van der Waals surface area contributed by atoms with Crippen molar-refractivity contribution in [2.45, 2.75) is 18.0 Å². The SMILES string of the molecule is Cn1nc(SN)cc1CN1CCC1. The maximum atomic E-state index is 5.44. The third-order valence-electron chi connectivity index (χ3n) is 2.41. The molecule has 1 aromatic heterocycles. The summed E-state index contributed by atoms with van der Waals surface area (Å²) < 4.78 is 1.91. The number of nitrogens with zero attached hydrogens (tertiary/aromatic N) is 3. The summed E-state index contributed by atoms with van der Waals surface area (Å²) in [5.41, 5.74) is 1.24. The molecule has 72 valence electrons. The van der Waals surface area contributed by atoms with Crippen LogP contribution >= 0.6 is 11.9 Å². The molecule has 0 amide bonds. The minimum Gasteiger partial charge on any atom is -0.297 e.